The normalized spacial score (nSPS) is 16.7. The smallest absolute Gasteiger partial charge is 0.203 e. The highest BCUT2D eigenvalue weighted by atomic mass is 35.5. The number of hydrogen-bond donors (Lipinski definition) is 0. The minimum absolute atomic E-state index is 3.29. The van der Waals surface area contributed by atoms with Gasteiger partial charge in [-0.15, -0.1) is 0 Å². The fraction of sp³-hybridized carbons (Fsp3) is 1.00. The summed E-state index contributed by atoms with van der Waals surface area (Å²) in [6.45, 7) is 0. The molecular formula is C9HClF18. The van der Waals surface area contributed by atoms with Gasteiger partial charge >= 0.3 is 53.3 Å². The minimum atomic E-state index is -8.73. The SMILES string of the molecule is FC(F)C(F)(F)C(F)(F)C(F)(F)C(F)(F)C(F)(F)C(F)(F)C(F)(F)C(F)(F)Cl. The van der Waals surface area contributed by atoms with E-state index in [0.29, 0.717) is 0 Å². The zero-order valence-corrected chi connectivity index (χ0v) is 12.5. The molecule has 0 aromatic heterocycles. The Kier molecular flexibility index (Phi) is 6.29. The zero-order chi connectivity index (χ0) is 23.6. The van der Waals surface area contributed by atoms with Gasteiger partial charge in [0.05, 0.1) is 0 Å². The summed E-state index contributed by atoms with van der Waals surface area (Å²) in [5, 5.41) is -6.89. The standard InChI is InChI=1S/C9HClF18/c10-9(27,28)8(25,26)7(23,24)6(21,22)5(19,20)4(17,18)3(15,16)2(13,14)1(11)12/h1H. The van der Waals surface area contributed by atoms with Gasteiger partial charge in [0.15, 0.2) is 0 Å². The van der Waals surface area contributed by atoms with E-state index in [2.05, 4.69) is 11.6 Å². The van der Waals surface area contributed by atoms with Gasteiger partial charge in [-0.3, -0.25) is 0 Å². The molecule has 0 N–H and O–H groups in total. The van der Waals surface area contributed by atoms with Crippen LogP contribution in [0, 0.1) is 0 Å². The topological polar surface area (TPSA) is 0 Å². The summed E-state index contributed by atoms with van der Waals surface area (Å²) in [7, 11) is 0. The van der Waals surface area contributed by atoms with Crippen LogP contribution < -0.4 is 0 Å². The molecule has 0 fully saturated rings. The largest absolute Gasteiger partial charge is 0.393 e. The monoisotopic (exact) mass is 486 g/mol. The van der Waals surface area contributed by atoms with E-state index in [-0.39, 0.29) is 0 Å². The van der Waals surface area contributed by atoms with E-state index in [4.69, 9.17) is 0 Å². The summed E-state index contributed by atoms with van der Waals surface area (Å²) < 4.78 is 227. The maximum Gasteiger partial charge on any atom is 0.393 e. The third kappa shape index (κ3) is 3.12. The Balaban J connectivity index is 6.72. The van der Waals surface area contributed by atoms with Crippen molar-refractivity contribution in [2.24, 2.45) is 0 Å². The molecule has 0 spiro atoms. The predicted octanol–water partition coefficient (Wildman–Crippen LogP) is 6.53. The molecule has 170 valence electrons. The number of rotatable bonds is 8. The lowest BCUT2D eigenvalue weighted by molar-refractivity contribution is -0.453. The molecule has 28 heavy (non-hydrogen) atoms. The Labute approximate surface area is 145 Å². The van der Waals surface area contributed by atoms with Gasteiger partial charge in [0.2, 0.25) is 0 Å². The highest BCUT2D eigenvalue weighted by molar-refractivity contribution is 6.22. The molecule has 19 heteroatoms. The Morgan fingerprint density at radius 3 is 0.821 bits per heavy atom. The first-order valence-electron chi connectivity index (χ1n) is 5.69. The van der Waals surface area contributed by atoms with Crippen LogP contribution in [0.2, 0.25) is 0 Å². The molecule has 0 nitrogen and oxygen atoms in total. The zero-order valence-electron chi connectivity index (χ0n) is 11.8. The van der Waals surface area contributed by atoms with Crippen molar-refractivity contribution in [1.29, 1.82) is 0 Å². The van der Waals surface area contributed by atoms with Crippen LogP contribution in [0.3, 0.4) is 0 Å². The van der Waals surface area contributed by atoms with Gasteiger partial charge in [0.25, 0.3) is 0 Å². The lowest BCUT2D eigenvalue weighted by Crippen LogP contribution is -2.74. The van der Waals surface area contributed by atoms with Crippen molar-refractivity contribution in [2.75, 3.05) is 0 Å². The van der Waals surface area contributed by atoms with E-state index in [1.807, 2.05) is 0 Å². The van der Waals surface area contributed by atoms with Crippen LogP contribution in [0.25, 0.3) is 0 Å². The van der Waals surface area contributed by atoms with E-state index in [0.717, 1.165) is 0 Å². The van der Waals surface area contributed by atoms with Crippen LogP contribution in [-0.2, 0) is 0 Å². The van der Waals surface area contributed by atoms with Gasteiger partial charge in [0.1, 0.15) is 0 Å². The van der Waals surface area contributed by atoms with E-state index in [1.165, 1.54) is 0 Å². The van der Waals surface area contributed by atoms with Gasteiger partial charge in [0, 0.05) is 0 Å². The second-order valence-electron chi connectivity index (χ2n) is 4.87. The van der Waals surface area contributed by atoms with Crippen molar-refractivity contribution in [3.8, 4) is 0 Å². The summed E-state index contributed by atoms with van der Waals surface area (Å²) >= 11 is 3.29. The predicted molar refractivity (Wildman–Crippen MR) is 51.4 cm³/mol. The molecule has 0 rings (SSSR count). The van der Waals surface area contributed by atoms with E-state index in [9.17, 15) is 79.0 Å². The molecule has 0 atom stereocenters. The van der Waals surface area contributed by atoms with E-state index in [1.54, 1.807) is 0 Å². The number of hydrogen-bond acceptors (Lipinski definition) is 0. The second kappa shape index (κ2) is 6.52. The molecule has 0 aliphatic carbocycles. The van der Waals surface area contributed by atoms with Crippen LogP contribution in [-0.4, -0.2) is 53.3 Å². The van der Waals surface area contributed by atoms with Crippen molar-refractivity contribution < 1.29 is 79.0 Å². The number of halogens is 19. The molecule has 0 aromatic carbocycles. The van der Waals surface area contributed by atoms with Gasteiger partial charge < -0.3 is 0 Å². The maximum absolute atomic E-state index is 13.0. The summed E-state index contributed by atoms with van der Waals surface area (Å²) in [6, 6.07) is 0. The fourth-order valence-electron chi connectivity index (χ4n) is 1.31. The summed E-state index contributed by atoms with van der Waals surface area (Å²) in [5.41, 5.74) is 0. The van der Waals surface area contributed by atoms with Crippen LogP contribution in [0.4, 0.5) is 79.0 Å². The molecule has 0 bridgehead atoms. The highest BCUT2D eigenvalue weighted by Crippen LogP contribution is 2.64. The molecule has 0 aliphatic rings. The van der Waals surface area contributed by atoms with Crippen LogP contribution in [0.5, 0.6) is 0 Å². The Morgan fingerprint density at radius 2 is 0.607 bits per heavy atom. The van der Waals surface area contributed by atoms with Crippen LogP contribution in [0.1, 0.15) is 0 Å². The van der Waals surface area contributed by atoms with E-state index < -0.39 is 53.3 Å². The van der Waals surface area contributed by atoms with Crippen LogP contribution >= 0.6 is 11.6 Å². The molecule has 0 amide bonds. The first-order valence-corrected chi connectivity index (χ1v) is 6.07. The first kappa shape index (κ1) is 27.0. The third-order valence-electron chi connectivity index (χ3n) is 3.02. The fourth-order valence-corrected chi connectivity index (χ4v) is 1.43. The van der Waals surface area contributed by atoms with Gasteiger partial charge in [-0.2, -0.15) is 70.2 Å². The molecule has 0 aliphatic heterocycles. The molecular weight excluding hydrogens is 486 g/mol. The van der Waals surface area contributed by atoms with E-state index >= 15 is 0 Å². The van der Waals surface area contributed by atoms with Crippen molar-refractivity contribution in [3.63, 3.8) is 0 Å². The Hall–Kier alpha value is -0.970. The molecule has 0 saturated carbocycles. The third-order valence-corrected chi connectivity index (χ3v) is 3.26. The van der Waals surface area contributed by atoms with Crippen LogP contribution in [0.15, 0.2) is 0 Å². The number of alkyl halides is 19. The molecule has 0 unspecified atom stereocenters. The average molecular weight is 487 g/mol. The van der Waals surface area contributed by atoms with Crippen molar-refractivity contribution in [1.82, 2.24) is 0 Å². The molecule has 0 radical (unpaired) electrons. The summed E-state index contributed by atoms with van der Waals surface area (Å²) in [5.74, 6) is -58.1. The Morgan fingerprint density at radius 1 is 0.393 bits per heavy atom. The Bertz CT molecular complexity index is 570. The van der Waals surface area contributed by atoms with Crippen molar-refractivity contribution in [2.45, 2.75) is 53.3 Å². The lowest BCUT2D eigenvalue weighted by atomic mass is 9.89. The molecule has 0 saturated heterocycles. The maximum atomic E-state index is 13.0. The average Bonchev–Trinajstić information content (AvgIpc) is 2.44. The van der Waals surface area contributed by atoms with Gasteiger partial charge in [-0.05, 0) is 11.6 Å². The van der Waals surface area contributed by atoms with Gasteiger partial charge in [-0.1, -0.05) is 0 Å². The summed E-state index contributed by atoms with van der Waals surface area (Å²) in [4.78, 5) is 0. The van der Waals surface area contributed by atoms with Crippen molar-refractivity contribution in [3.05, 3.63) is 0 Å². The van der Waals surface area contributed by atoms with Crippen molar-refractivity contribution >= 4 is 11.6 Å². The van der Waals surface area contributed by atoms with Gasteiger partial charge in [-0.25, -0.2) is 8.78 Å². The highest BCUT2D eigenvalue weighted by Gasteiger charge is 2.95. The first-order chi connectivity index (χ1) is 11.7. The lowest BCUT2D eigenvalue weighted by Gasteiger charge is -2.42. The minimum Gasteiger partial charge on any atom is -0.203 e. The quantitative estimate of drug-likeness (QED) is 0.270. The summed E-state index contributed by atoms with van der Waals surface area (Å²) in [6.07, 6.45) is -5.98. The molecule has 0 heterocycles. The molecule has 0 aromatic rings. The second-order valence-corrected chi connectivity index (χ2v) is 5.34.